The van der Waals surface area contributed by atoms with Crippen LogP contribution < -0.4 is 14.8 Å². The topological polar surface area (TPSA) is 97.4 Å². The molecular formula is C24H20ClN3O4S. The maximum Gasteiger partial charge on any atom is 0.261 e. The average Bonchev–Trinajstić information content (AvgIpc) is 2.78. The van der Waals surface area contributed by atoms with E-state index in [-0.39, 0.29) is 10.8 Å². The van der Waals surface area contributed by atoms with E-state index in [2.05, 4.69) is 15.0 Å². The number of sulfonamides is 1. The van der Waals surface area contributed by atoms with Crippen LogP contribution in [-0.4, -0.2) is 26.4 Å². The van der Waals surface area contributed by atoms with E-state index >= 15 is 0 Å². The van der Waals surface area contributed by atoms with Gasteiger partial charge < -0.3 is 10.1 Å². The average molecular weight is 482 g/mol. The SMILES string of the molecule is COc1cc(-c2ccc(Cl)cc2)nc2ccc(NS(=O)(=O)c3ccc(NC(C)=O)cc3)cc12. The third kappa shape index (κ3) is 5.08. The first-order valence-corrected chi connectivity index (χ1v) is 11.8. The Balaban J connectivity index is 1.65. The molecule has 7 nitrogen and oxygen atoms in total. The van der Waals surface area contributed by atoms with Gasteiger partial charge in [-0.2, -0.15) is 0 Å². The van der Waals surface area contributed by atoms with Gasteiger partial charge in [0.05, 0.1) is 23.2 Å². The number of fused-ring (bicyclic) bond motifs is 1. The summed E-state index contributed by atoms with van der Waals surface area (Å²) in [7, 11) is -2.29. The minimum absolute atomic E-state index is 0.0693. The lowest BCUT2D eigenvalue weighted by atomic mass is 10.1. The smallest absolute Gasteiger partial charge is 0.261 e. The van der Waals surface area contributed by atoms with Crippen molar-refractivity contribution in [3.8, 4) is 17.0 Å². The molecule has 0 saturated carbocycles. The van der Waals surface area contributed by atoms with Gasteiger partial charge in [0.25, 0.3) is 10.0 Å². The maximum atomic E-state index is 12.8. The fourth-order valence-corrected chi connectivity index (χ4v) is 4.51. The normalized spacial score (nSPS) is 11.2. The lowest BCUT2D eigenvalue weighted by Crippen LogP contribution is -2.13. The van der Waals surface area contributed by atoms with Crippen molar-refractivity contribution in [2.75, 3.05) is 17.1 Å². The number of ether oxygens (including phenoxy) is 1. The Kier molecular flexibility index (Phi) is 6.22. The highest BCUT2D eigenvalue weighted by atomic mass is 35.5. The molecular weight excluding hydrogens is 462 g/mol. The summed E-state index contributed by atoms with van der Waals surface area (Å²) in [6.45, 7) is 1.38. The lowest BCUT2D eigenvalue weighted by Gasteiger charge is -2.12. The van der Waals surface area contributed by atoms with Crippen LogP contribution in [0.4, 0.5) is 11.4 Å². The number of carbonyl (C=O) groups excluding carboxylic acids is 1. The molecule has 0 fully saturated rings. The molecule has 1 amide bonds. The molecule has 168 valence electrons. The van der Waals surface area contributed by atoms with E-state index in [4.69, 9.17) is 16.3 Å². The highest BCUT2D eigenvalue weighted by molar-refractivity contribution is 7.92. The van der Waals surface area contributed by atoms with Crippen molar-refractivity contribution in [1.29, 1.82) is 0 Å². The molecule has 0 aliphatic rings. The molecule has 1 aromatic heterocycles. The van der Waals surface area contributed by atoms with Crippen LogP contribution >= 0.6 is 11.6 Å². The van der Waals surface area contributed by atoms with Crippen LogP contribution in [-0.2, 0) is 14.8 Å². The molecule has 4 aromatic rings. The summed E-state index contributed by atoms with van der Waals surface area (Å²) in [5.74, 6) is 0.326. The second-order valence-corrected chi connectivity index (χ2v) is 9.38. The summed E-state index contributed by atoms with van der Waals surface area (Å²) in [5, 5.41) is 3.90. The van der Waals surface area contributed by atoms with Crippen molar-refractivity contribution in [3.63, 3.8) is 0 Å². The number of nitrogens with one attached hydrogen (secondary N) is 2. The predicted octanol–water partition coefficient (Wildman–Crippen LogP) is 5.32. The molecule has 0 atom stereocenters. The molecule has 0 spiro atoms. The van der Waals surface area contributed by atoms with Crippen molar-refractivity contribution in [1.82, 2.24) is 4.98 Å². The molecule has 9 heteroatoms. The van der Waals surface area contributed by atoms with Crippen LogP contribution in [0.15, 0.2) is 77.7 Å². The Hall–Kier alpha value is -3.62. The molecule has 0 unspecified atom stereocenters. The number of methoxy groups -OCH3 is 1. The molecule has 0 aliphatic carbocycles. The third-order valence-electron chi connectivity index (χ3n) is 4.87. The molecule has 3 aromatic carbocycles. The Morgan fingerprint density at radius 2 is 1.61 bits per heavy atom. The number of halogens is 1. The minimum Gasteiger partial charge on any atom is -0.496 e. The molecule has 0 bridgehead atoms. The molecule has 1 heterocycles. The highest BCUT2D eigenvalue weighted by Crippen LogP contribution is 2.32. The van der Waals surface area contributed by atoms with Gasteiger partial charge in [0.15, 0.2) is 0 Å². The number of hydrogen-bond acceptors (Lipinski definition) is 5. The van der Waals surface area contributed by atoms with Gasteiger partial charge in [0, 0.05) is 40.3 Å². The highest BCUT2D eigenvalue weighted by Gasteiger charge is 2.16. The van der Waals surface area contributed by atoms with Gasteiger partial charge in [0.1, 0.15) is 5.75 Å². The monoisotopic (exact) mass is 481 g/mol. The van der Waals surface area contributed by atoms with Gasteiger partial charge >= 0.3 is 0 Å². The van der Waals surface area contributed by atoms with Crippen LogP contribution in [0.5, 0.6) is 5.75 Å². The number of rotatable bonds is 6. The fraction of sp³-hybridized carbons (Fsp3) is 0.0833. The molecule has 0 radical (unpaired) electrons. The first-order chi connectivity index (χ1) is 15.7. The van der Waals surface area contributed by atoms with Crippen molar-refractivity contribution in [2.24, 2.45) is 0 Å². The zero-order chi connectivity index (χ0) is 23.6. The molecule has 0 aliphatic heterocycles. The first-order valence-electron chi connectivity index (χ1n) is 9.90. The molecule has 33 heavy (non-hydrogen) atoms. The van der Waals surface area contributed by atoms with Gasteiger partial charge in [-0.05, 0) is 54.6 Å². The number of anilines is 2. The number of amides is 1. The summed E-state index contributed by atoms with van der Waals surface area (Å²) >= 11 is 5.98. The van der Waals surface area contributed by atoms with E-state index in [1.54, 1.807) is 43.5 Å². The summed E-state index contributed by atoms with van der Waals surface area (Å²) in [4.78, 5) is 15.9. The van der Waals surface area contributed by atoms with E-state index in [0.29, 0.717) is 38.7 Å². The summed E-state index contributed by atoms with van der Waals surface area (Å²) in [6.07, 6.45) is 0. The minimum atomic E-state index is -3.84. The quantitative estimate of drug-likeness (QED) is 0.388. The van der Waals surface area contributed by atoms with E-state index in [1.807, 2.05) is 12.1 Å². The number of aromatic nitrogens is 1. The van der Waals surface area contributed by atoms with Crippen LogP contribution in [0.1, 0.15) is 6.92 Å². The standard InChI is InChI=1S/C24H20ClN3O4S/c1-15(29)26-18-7-10-20(11-8-18)33(30,31)28-19-9-12-22-21(13-19)24(32-2)14-23(27-22)16-3-5-17(25)6-4-16/h3-14,28H,1-2H3,(H,26,29). The van der Waals surface area contributed by atoms with Crippen LogP contribution in [0.25, 0.3) is 22.2 Å². The Morgan fingerprint density at radius 1 is 0.939 bits per heavy atom. The lowest BCUT2D eigenvalue weighted by molar-refractivity contribution is -0.114. The number of hydrogen-bond donors (Lipinski definition) is 2. The van der Waals surface area contributed by atoms with Crippen molar-refractivity contribution in [3.05, 3.63) is 77.8 Å². The largest absolute Gasteiger partial charge is 0.496 e. The van der Waals surface area contributed by atoms with E-state index in [9.17, 15) is 13.2 Å². The third-order valence-corrected chi connectivity index (χ3v) is 6.52. The van der Waals surface area contributed by atoms with Gasteiger partial charge in [-0.3, -0.25) is 9.52 Å². The molecule has 4 rings (SSSR count). The fourth-order valence-electron chi connectivity index (χ4n) is 3.33. The van der Waals surface area contributed by atoms with Gasteiger partial charge in [0.2, 0.25) is 5.91 Å². The van der Waals surface area contributed by atoms with Crippen LogP contribution in [0.3, 0.4) is 0 Å². The first kappa shape index (κ1) is 22.6. The van der Waals surface area contributed by atoms with Crippen LogP contribution in [0, 0.1) is 0 Å². The summed E-state index contributed by atoms with van der Waals surface area (Å²) < 4.78 is 33.8. The molecule has 2 N–H and O–H groups in total. The molecule has 0 saturated heterocycles. The van der Waals surface area contributed by atoms with E-state index in [1.165, 1.54) is 31.2 Å². The predicted molar refractivity (Wildman–Crippen MR) is 130 cm³/mol. The van der Waals surface area contributed by atoms with Crippen molar-refractivity contribution in [2.45, 2.75) is 11.8 Å². The number of nitrogens with zero attached hydrogens (tertiary/aromatic N) is 1. The second kappa shape index (κ2) is 9.09. The number of pyridine rings is 1. The van der Waals surface area contributed by atoms with Gasteiger partial charge in [-0.15, -0.1) is 0 Å². The number of carbonyl (C=O) groups is 1. The van der Waals surface area contributed by atoms with Crippen LogP contribution in [0.2, 0.25) is 5.02 Å². The Morgan fingerprint density at radius 3 is 2.24 bits per heavy atom. The zero-order valence-corrected chi connectivity index (χ0v) is 19.4. The Bertz CT molecular complexity index is 1440. The van der Waals surface area contributed by atoms with Gasteiger partial charge in [-0.25, -0.2) is 13.4 Å². The Labute approximate surface area is 196 Å². The van der Waals surface area contributed by atoms with E-state index in [0.717, 1.165) is 5.56 Å². The van der Waals surface area contributed by atoms with E-state index < -0.39 is 10.0 Å². The maximum absolute atomic E-state index is 12.8. The number of benzene rings is 3. The second-order valence-electron chi connectivity index (χ2n) is 7.26. The summed E-state index contributed by atoms with van der Waals surface area (Å²) in [5.41, 5.74) is 3.13. The zero-order valence-electron chi connectivity index (χ0n) is 17.8. The summed E-state index contributed by atoms with van der Waals surface area (Å²) in [6, 6.07) is 20.1. The van der Waals surface area contributed by atoms with Crippen molar-refractivity contribution >= 4 is 49.8 Å². The van der Waals surface area contributed by atoms with Crippen molar-refractivity contribution < 1.29 is 17.9 Å². The van der Waals surface area contributed by atoms with Gasteiger partial charge in [-0.1, -0.05) is 23.7 Å².